The molecule has 1 atom stereocenters. The molecule has 6 heteroatoms. The fourth-order valence-corrected chi connectivity index (χ4v) is 3.63. The SMILES string of the molecule is CN(CCC(N)c1cc(F)cc(F)c1)Cc1cc(Br)cs1. The molecule has 0 spiro atoms. The average Bonchev–Trinajstić information content (AvgIpc) is 2.80. The van der Waals surface area contributed by atoms with Crippen LogP contribution in [-0.2, 0) is 6.54 Å². The summed E-state index contributed by atoms with van der Waals surface area (Å²) in [6.45, 7) is 1.59. The van der Waals surface area contributed by atoms with E-state index in [0.29, 0.717) is 12.0 Å². The van der Waals surface area contributed by atoms with Gasteiger partial charge >= 0.3 is 0 Å². The summed E-state index contributed by atoms with van der Waals surface area (Å²) in [5.74, 6) is -1.17. The summed E-state index contributed by atoms with van der Waals surface area (Å²) in [6, 6.07) is 5.17. The maximum Gasteiger partial charge on any atom is 0.126 e. The van der Waals surface area contributed by atoms with Gasteiger partial charge in [0.2, 0.25) is 0 Å². The first kappa shape index (κ1) is 16.5. The molecule has 0 radical (unpaired) electrons. The minimum atomic E-state index is -0.586. The quantitative estimate of drug-likeness (QED) is 0.815. The van der Waals surface area contributed by atoms with Gasteiger partial charge in [-0.05, 0) is 53.2 Å². The maximum absolute atomic E-state index is 13.2. The van der Waals surface area contributed by atoms with Gasteiger partial charge in [-0.3, -0.25) is 0 Å². The molecule has 1 heterocycles. The number of halogens is 3. The summed E-state index contributed by atoms with van der Waals surface area (Å²) in [4.78, 5) is 3.41. The lowest BCUT2D eigenvalue weighted by atomic mass is 10.0. The van der Waals surface area contributed by atoms with E-state index in [0.717, 1.165) is 23.6 Å². The Morgan fingerprint density at radius 3 is 2.48 bits per heavy atom. The molecule has 1 unspecified atom stereocenters. The maximum atomic E-state index is 13.2. The molecule has 1 aromatic heterocycles. The monoisotopic (exact) mass is 374 g/mol. The lowest BCUT2D eigenvalue weighted by molar-refractivity contribution is 0.314. The molecular weight excluding hydrogens is 358 g/mol. The van der Waals surface area contributed by atoms with Gasteiger partial charge in [0.1, 0.15) is 11.6 Å². The lowest BCUT2D eigenvalue weighted by Crippen LogP contribution is -2.23. The molecule has 114 valence electrons. The van der Waals surface area contributed by atoms with E-state index in [2.05, 4.69) is 26.9 Å². The highest BCUT2D eigenvalue weighted by atomic mass is 79.9. The van der Waals surface area contributed by atoms with Gasteiger partial charge in [-0.1, -0.05) is 0 Å². The van der Waals surface area contributed by atoms with Crippen LogP contribution in [0.15, 0.2) is 34.1 Å². The van der Waals surface area contributed by atoms with Crippen molar-refractivity contribution in [1.82, 2.24) is 4.90 Å². The van der Waals surface area contributed by atoms with Crippen LogP contribution in [-0.4, -0.2) is 18.5 Å². The number of hydrogen-bond acceptors (Lipinski definition) is 3. The van der Waals surface area contributed by atoms with Gasteiger partial charge in [0.25, 0.3) is 0 Å². The van der Waals surface area contributed by atoms with Crippen LogP contribution < -0.4 is 5.73 Å². The Morgan fingerprint density at radius 1 is 1.24 bits per heavy atom. The van der Waals surface area contributed by atoms with Crippen LogP contribution in [0.4, 0.5) is 8.78 Å². The molecule has 0 bridgehead atoms. The number of rotatable bonds is 6. The molecule has 2 aromatic rings. The minimum absolute atomic E-state index is 0.368. The van der Waals surface area contributed by atoms with Gasteiger partial charge in [0, 0.05) is 39.9 Å². The molecule has 0 aliphatic rings. The Labute approximate surface area is 135 Å². The van der Waals surface area contributed by atoms with Gasteiger partial charge in [-0.25, -0.2) is 8.78 Å². The summed E-state index contributed by atoms with van der Waals surface area (Å²) in [7, 11) is 2.01. The topological polar surface area (TPSA) is 29.3 Å². The molecule has 0 aliphatic heterocycles. The van der Waals surface area contributed by atoms with Crippen molar-refractivity contribution in [2.75, 3.05) is 13.6 Å². The van der Waals surface area contributed by atoms with E-state index in [1.807, 2.05) is 12.4 Å². The smallest absolute Gasteiger partial charge is 0.126 e. The summed E-state index contributed by atoms with van der Waals surface area (Å²) in [5, 5.41) is 2.05. The lowest BCUT2D eigenvalue weighted by Gasteiger charge is -2.19. The molecule has 0 saturated heterocycles. The zero-order chi connectivity index (χ0) is 15.4. The second kappa shape index (κ2) is 7.45. The van der Waals surface area contributed by atoms with E-state index in [-0.39, 0.29) is 6.04 Å². The van der Waals surface area contributed by atoms with Crippen LogP contribution in [0.5, 0.6) is 0 Å². The van der Waals surface area contributed by atoms with E-state index in [1.165, 1.54) is 17.0 Å². The summed E-state index contributed by atoms with van der Waals surface area (Å²) in [6.07, 6.45) is 0.645. The second-order valence-corrected chi connectivity index (χ2v) is 6.98. The van der Waals surface area contributed by atoms with Crippen molar-refractivity contribution in [2.45, 2.75) is 19.0 Å². The van der Waals surface area contributed by atoms with Gasteiger partial charge < -0.3 is 10.6 Å². The van der Waals surface area contributed by atoms with Crippen LogP contribution in [0.25, 0.3) is 0 Å². The molecule has 0 aliphatic carbocycles. The van der Waals surface area contributed by atoms with Crippen molar-refractivity contribution in [1.29, 1.82) is 0 Å². The molecule has 0 amide bonds. The normalized spacial score (nSPS) is 12.9. The summed E-state index contributed by atoms with van der Waals surface area (Å²) >= 11 is 5.12. The predicted octanol–water partition coefficient (Wildman–Crippen LogP) is 4.31. The van der Waals surface area contributed by atoms with E-state index in [4.69, 9.17) is 5.73 Å². The first-order valence-electron chi connectivity index (χ1n) is 6.57. The second-order valence-electron chi connectivity index (χ2n) is 5.07. The number of nitrogens with zero attached hydrogens (tertiary/aromatic N) is 1. The highest BCUT2D eigenvalue weighted by molar-refractivity contribution is 9.10. The number of hydrogen-bond donors (Lipinski definition) is 1. The third-order valence-electron chi connectivity index (χ3n) is 3.18. The largest absolute Gasteiger partial charge is 0.324 e. The zero-order valence-electron chi connectivity index (χ0n) is 11.7. The van der Waals surface area contributed by atoms with Crippen LogP contribution in [0.1, 0.15) is 22.9 Å². The molecular formula is C15H17BrF2N2S. The summed E-state index contributed by atoms with van der Waals surface area (Å²) in [5.41, 5.74) is 6.51. The number of nitrogens with two attached hydrogens (primary N) is 1. The van der Waals surface area contributed by atoms with Crippen molar-refractivity contribution in [3.8, 4) is 0 Å². The van der Waals surface area contributed by atoms with E-state index >= 15 is 0 Å². The van der Waals surface area contributed by atoms with Crippen LogP contribution in [0.2, 0.25) is 0 Å². The third kappa shape index (κ3) is 5.14. The molecule has 0 fully saturated rings. The van der Waals surface area contributed by atoms with Crippen molar-refractivity contribution in [2.24, 2.45) is 5.73 Å². The average molecular weight is 375 g/mol. The van der Waals surface area contributed by atoms with Crippen LogP contribution >= 0.6 is 27.3 Å². The molecule has 2 rings (SSSR count). The predicted molar refractivity (Wildman–Crippen MR) is 86.3 cm³/mol. The fraction of sp³-hybridized carbons (Fsp3) is 0.333. The molecule has 21 heavy (non-hydrogen) atoms. The van der Waals surface area contributed by atoms with Gasteiger partial charge in [0.05, 0.1) is 0 Å². The minimum Gasteiger partial charge on any atom is -0.324 e. The molecule has 2 nitrogen and oxygen atoms in total. The van der Waals surface area contributed by atoms with Gasteiger partial charge in [-0.15, -0.1) is 11.3 Å². The Balaban J connectivity index is 1.86. The highest BCUT2D eigenvalue weighted by Crippen LogP contribution is 2.22. The third-order valence-corrected chi connectivity index (χ3v) is 4.86. The Hall–Kier alpha value is -0.820. The number of thiophene rings is 1. The highest BCUT2D eigenvalue weighted by Gasteiger charge is 2.11. The van der Waals surface area contributed by atoms with Crippen molar-refractivity contribution >= 4 is 27.3 Å². The Kier molecular flexibility index (Phi) is 5.87. The van der Waals surface area contributed by atoms with Crippen molar-refractivity contribution in [3.05, 3.63) is 56.2 Å². The fourth-order valence-electron chi connectivity index (χ4n) is 2.10. The standard InChI is InChI=1S/C15H17BrF2N2S/c1-20(8-14-6-11(16)9-21-14)3-2-15(19)10-4-12(17)7-13(18)5-10/h4-7,9,15H,2-3,8,19H2,1H3. The van der Waals surface area contributed by atoms with Gasteiger partial charge in [0.15, 0.2) is 0 Å². The van der Waals surface area contributed by atoms with Crippen LogP contribution in [0, 0.1) is 11.6 Å². The Bertz CT molecular complexity index is 583. The molecule has 2 N–H and O–H groups in total. The zero-order valence-corrected chi connectivity index (χ0v) is 14.1. The Morgan fingerprint density at radius 2 is 1.90 bits per heavy atom. The van der Waals surface area contributed by atoms with Gasteiger partial charge in [-0.2, -0.15) is 0 Å². The molecule has 1 aromatic carbocycles. The van der Waals surface area contributed by atoms with Crippen molar-refractivity contribution in [3.63, 3.8) is 0 Å². The van der Waals surface area contributed by atoms with Crippen molar-refractivity contribution < 1.29 is 8.78 Å². The van der Waals surface area contributed by atoms with E-state index in [1.54, 1.807) is 11.3 Å². The number of benzene rings is 1. The van der Waals surface area contributed by atoms with E-state index in [9.17, 15) is 8.78 Å². The van der Waals surface area contributed by atoms with E-state index < -0.39 is 11.6 Å². The van der Waals surface area contributed by atoms with Crippen LogP contribution in [0.3, 0.4) is 0 Å². The summed E-state index contributed by atoms with van der Waals surface area (Å²) < 4.78 is 27.4. The first-order chi connectivity index (χ1) is 9.94. The first-order valence-corrected chi connectivity index (χ1v) is 8.24. The molecule has 0 saturated carbocycles.